The summed E-state index contributed by atoms with van der Waals surface area (Å²) >= 11 is 5.89. The van der Waals surface area contributed by atoms with E-state index < -0.39 is 0 Å². The maximum Gasteiger partial charge on any atom is 0.319 e. The van der Waals surface area contributed by atoms with E-state index in [-0.39, 0.29) is 6.03 Å². The van der Waals surface area contributed by atoms with Crippen molar-refractivity contribution in [1.82, 2.24) is 10.2 Å². The van der Waals surface area contributed by atoms with Gasteiger partial charge in [-0.3, -0.25) is 0 Å². The minimum atomic E-state index is -0.178. The Bertz CT molecular complexity index is 485. The smallest absolute Gasteiger partial charge is 0.319 e. The highest BCUT2D eigenvalue weighted by Gasteiger charge is 2.20. The Hall–Kier alpha value is -1.26. The second-order valence-electron chi connectivity index (χ2n) is 6.45. The number of carbonyl (C=O) groups excluding carboxylic acids is 1. The fourth-order valence-electron chi connectivity index (χ4n) is 3.22. The molecule has 0 spiro atoms. The molecule has 5 heteroatoms. The number of likely N-dealkylation sites (tertiary alicyclic amines) is 1. The number of nitrogens with one attached hydrogen (secondary N) is 2. The summed E-state index contributed by atoms with van der Waals surface area (Å²) in [6, 6.07) is 6.98. The topological polar surface area (TPSA) is 44.4 Å². The predicted molar refractivity (Wildman–Crippen MR) is 92.5 cm³/mol. The quantitative estimate of drug-likeness (QED) is 0.809. The van der Waals surface area contributed by atoms with Crippen LogP contribution in [0.5, 0.6) is 0 Å². The van der Waals surface area contributed by atoms with Gasteiger partial charge in [-0.1, -0.05) is 31.5 Å². The number of urea groups is 1. The molecular weight excluding hydrogens is 298 g/mol. The summed E-state index contributed by atoms with van der Waals surface area (Å²) in [5.74, 6) is 1.56. The van der Waals surface area contributed by atoms with Crippen molar-refractivity contribution in [3.8, 4) is 0 Å². The largest absolute Gasteiger partial charge is 0.338 e. The van der Waals surface area contributed by atoms with Crippen molar-refractivity contribution in [1.29, 1.82) is 0 Å². The number of nitrogens with zero attached hydrogens (tertiary/aromatic N) is 1. The fraction of sp³-hybridized carbons (Fsp3) is 0.588. The van der Waals surface area contributed by atoms with Gasteiger partial charge in [0.2, 0.25) is 0 Å². The first-order valence-electron chi connectivity index (χ1n) is 8.05. The molecule has 1 heterocycles. The second kappa shape index (κ2) is 8.39. The van der Waals surface area contributed by atoms with Gasteiger partial charge in [-0.15, -0.1) is 0 Å². The van der Waals surface area contributed by atoms with Crippen molar-refractivity contribution in [3.05, 3.63) is 29.3 Å². The first-order chi connectivity index (χ1) is 10.5. The number of anilines is 1. The van der Waals surface area contributed by atoms with Gasteiger partial charge in [-0.2, -0.15) is 0 Å². The lowest BCUT2D eigenvalue weighted by atomic mass is 9.92. The highest BCUT2D eigenvalue weighted by molar-refractivity contribution is 6.30. The van der Waals surface area contributed by atoms with Gasteiger partial charge in [0.05, 0.1) is 0 Å². The zero-order valence-electron chi connectivity index (χ0n) is 13.4. The van der Waals surface area contributed by atoms with Crippen LogP contribution < -0.4 is 10.6 Å². The van der Waals surface area contributed by atoms with Crippen LogP contribution in [-0.2, 0) is 0 Å². The second-order valence-corrected chi connectivity index (χ2v) is 6.89. The van der Waals surface area contributed by atoms with Gasteiger partial charge in [-0.25, -0.2) is 4.79 Å². The summed E-state index contributed by atoms with van der Waals surface area (Å²) in [4.78, 5) is 14.3. The van der Waals surface area contributed by atoms with Crippen molar-refractivity contribution in [2.75, 3.05) is 31.5 Å². The van der Waals surface area contributed by atoms with Crippen LogP contribution in [0.15, 0.2) is 24.3 Å². The molecule has 22 heavy (non-hydrogen) atoms. The molecule has 1 aliphatic rings. The predicted octanol–water partition coefficient (Wildman–Crippen LogP) is 3.83. The van der Waals surface area contributed by atoms with Gasteiger partial charge in [-0.05, 0) is 49.4 Å². The van der Waals surface area contributed by atoms with Crippen LogP contribution in [0, 0.1) is 11.8 Å². The summed E-state index contributed by atoms with van der Waals surface area (Å²) < 4.78 is 0. The van der Waals surface area contributed by atoms with Crippen molar-refractivity contribution in [2.24, 2.45) is 11.8 Å². The number of piperidine rings is 1. The van der Waals surface area contributed by atoms with Crippen LogP contribution >= 0.6 is 11.6 Å². The maximum absolute atomic E-state index is 11.8. The summed E-state index contributed by atoms with van der Waals surface area (Å²) in [6.45, 7) is 8.73. The molecule has 0 radical (unpaired) electrons. The average molecular weight is 324 g/mol. The minimum Gasteiger partial charge on any atom is -0.338 e. The van der Waals surface area contributed by atoms with Crippen LogP contribution in [0.3, 0.4) is 0 Å². The molecule has 1 aliphatic heterocycles. The number of carbonyl (C=O) groups is 1. The Morgan fingerprint density at radius 1 is 1.32 bits per heavy atom. The van der Waals surface area contributed by atoms with E-state index in [1.165, 1.54) is 19.5 Å². The van der Waals surface area contributed by atoms with Crippen molar-refractivity contribution >= 4 is 23.3 Å². The van der Waals surface area contributed by atoms with Crippen molar-refractivity contribution < 1.29 is 4.79 Å². The lowest BCUT2D eigenvalue weighted by Crippen LogP contribution is -2.40. The zero-order valence-corrected chi connectivity index (χ0v) is 14.2. The molecule has 2 atom stereocenters. The summed E-state index contributed by atoms with van der Waals surface area (Å²) in [5.41, 5.74) is 0.712. The number of hydrogen-bond acceptors (Lipinski definition) is 2. The minimum absolute atomic E-state index is 0.178. The number of benzene rings is 1. The van der Waals surface area contributed by atoms with E-state index in [1.54, 1.807) is 12.1 Å². The van der Waals surface area contributed by atoms with E-state index in [1.807, 2.05) is 12.1 Å². The molecule has 1 aromatic rings. The number of amides is 2. The van der Waals surface area contributed by atoms with Crippen LogP contribution in [0.2, 0.25) is 5.02 Å². The van der Waals surface area contributed by atoms with E-state index >= 15 is 0 Å². The van der Waals surface area contributed by atoms with Crippen LogP contribution in [-0.4, -0.2) is 37.1 Å². The molecule has 2 rings (SSSR count). The van der Waals surface area contributed by atoms with Gasteiger partial charge in [0, 0.05) is 30.3 Å². The zero-order chi connectivity index (χ0) is 15.9. The standard InChI is InChI=1S/C17H26ClN3O/c1-13-9-14(2)12-21(11-13)8-4-7-19-17(22)20-16-6-3-5-15(18)10-16/h3,5-6,10,13-14H,4,7-9,11-12H2,1-2H3,(H2,19,20,22). The molecule has 0 aromatic heterocycles. The third kappa shape index (κ3) is 5.85. The maximum atomic E-state index is 11.8. The van der Waals surface area contributed by atoms with E-state index in [2.05, 4.69) is 29.4 Å². The highest BCUT2D eigenvalue weighted by Crippen LogP contribution is 2.20. The van der Waals surface area contributed by atoms with Crippen LogP contribution in [0.4, 0.5) is 10.5 Å². The van der Waals surface area contributed by atoms with Crippen LogP contribution in [0.1, 0.15) is 26.7 Å². The molecule has 1 fully saturated rings. The monoisotopic (exact) mass is 323 g/mol. The van der Waals surface area contributed by atoms with Crippen molar-refractivity contribution in [3.63, 3.8) is 0 Å². The normalized spacial score (nSPS) is 22.3. The van der Waals surface area contributed by atoms with E-state index in [0.29, 0.717) is 17.3 Å². The summed E-state index contributed by atoms with van der Waals surface area (Å²) in [5, 5.41) is 6.30. The van der Waals surface area contributed by atoms with Gasteiger partial charge < -0.3 is 15.5 Å². The Kier molecular flexibility index (Phi) is 6.52. The highest BCUT2D eigenvalue weighted by atomic mass is 35.5. The molecule has 122 valence electrons. The molecular formula is C17H26ClN3O. The Morgan fingerprint density at radius 2 is 2.05 bits per heavy atom. The van der Waals surface area contributed by atoms with Gasteiger partial charge in [0.1, 0.15) is 0 Å². The first-order valence-corrected chi connectivity index (χ1v) is 8.43. The molecule has 2 N–H and O–H groups in total. The van der Waals surface area contributed by atoms with E-state index in [0.717, 1.165) is 24.8 Å². The van der Waals surface area contributed by atoms with Gasteiger partial charge >= 0.3 is 6.03 Å². The Morgan fingerprint density at radius 3 is 2.73 bits per heavy atom. The van der Waals surface area contributed by atoms with Crippen molar-refractivity contribution in [2.45, 2.75) is 26.7 Å². The lowest BCUT2D eigenvalue weighted by molar-refractivity contribution is 0.140. The third-order valence-corrected chi connectivity index (χ3v) is 4.20. The van der Waals surface area contributed by atoms with E-state index in [9.17, 15) is 4.79 Å². The van der Waals surface area contributed by atoms with E-state index in [4.69, 9.17) is 11.6 Å². The molecule has 4 nitrogen and oxygen atoms in total. The van der Waals surface area contributed by atoms with Gasteiger partial charge in [0.25, 0.3) is 0 Å². The number of rotatable bonds is 5. The molecule has 0 bridgehead atoms. The third-order valence-electron chi connectivity index (χ3n) is 3.96. The first kappa shape index (κ1) is 17.1. The Labute approximate surface area is 138 Å². The molecule has 2 amide bonds. The molecule has 0 aliphatic carbocycles. The number of halogens is 1. The molecule has 2 unspecified atom stereocenters. The average Bonchev–Trinajstić information content (AvgIpc) is 2.42. The lowest BCUT2D eigenvalue weighted by Gasteiger charge is -2.34. The van der Waals surface area contributed by atoms with Gasteiger partial charge in [0.15, 0.2) is 0 Å². The SMILES string of the molecule is CC1CC(C)CN(CCCNC(=O)Nc2cccc(Cl)c2)C1. The Balaban J connectivity index is 1.63. The molecule has 1 aromatic carbocycles. The number of hydrogen-bond donors (Lipinski definition) is 2. The van der Waals surface area contributed by atoms with Crippen LogP contribution in [0.25, 0.3) is 0 Å². The molecule has 0 saturated carbocycles. The molecule has 1 saturated heterocycles. The summed E-state index contributed by atoms with van der Waals surface area (Å²) in [7, 11) is 0. The fourth-order valence-corrected chi connectivity index (χ4v) is 3.41. The summed E-state index contributed by atoms with van der Waals surface area (Å²) in [6.07, 6.45) is 2.30.